The number of aryl methyl sites for hydroxylation is 1. The predicted molar refractivity (Wildman–Crippen MR) is 66.1 cm³/mol. The number of benzene rings is 1. The number of nitrogens with zero attached hydrogens (tertiary/aromatic N) is 1. The smallest absolute Gasteiger partial charge is 0.296 e. The third kappa shape index (κ3) is 2.87. The normalized spacial score (nSPS) is 17.9. The first-order valence-electron chi connectivity index (χ1n) is 4.28. The van der Waals surface area contributed by atoms with Crippen LogP contribution in [0, 0.1) is 6.92 Å². The van der Waals surface area contributed by atoms with E-state index in [0.717, 1.165) is 11.1 Å². The largest absolute Gasteiger partial charge is 0.447 e. The lowest BCUT2D eigenvalue weighted by Gasteiger charge is -2.08. The third-order valence-corrected chi connectivity index (χ3v) is 2.06. The van der Waals surface area contributed by atoms with Crippen molar-refractivity contribution in [3.63, 3.8) is 0 Å². The molecule has 1 aliphatic rings. The van der Waals surface area contributed by atoms with Crippen LogP contribution < -0.4 is 5.73 Å². The Morgan fingerprint density at radius 3 is 2.25 bits per heavy atom. The van der Waals surface area contributed by atoms with Crippen LogP contribution in [-0.4, -0.2) is 11.9 Å². The van der Waals surface area contributed by atoms with E-state index in [-0.39, 0.29) is 36.7 Å². The van der Waals surface area contributed by atoms with Gasteiger partial charge in [0.15, 0.2) is 0 Å². The summed E-state index contributed by atoms with van der Waals surface area (Å²) in [7, 11) is 0. The van der Waals surface area contributed by atoms with E-state index < -0.39 is 6.10 Å². The molecular formula is C10H12Cl2N2O2. The summed E-state index contributed by atoms with van der Waals surface area (Å²) in [6.07, 6.45) is -0.657. The van der Waals surface area contributed by atoms with Crippen molar-refractivity contribution in [1.29, 1.82) is 0 Å². The molecule has 0 bridgehead atoms. The standard InChI is InChI=1S/C10H10N2O2.2ClH/c1-6-2-4-7(5-3-6)8-9(13)12-10(11)14-8;;/h2-5,8H,1H3,(H2,11,12,13);2*1H. The molecule has 0 spiro atoms. The van der Waals surface area contributed by atoms with Gasteiger partial charge in [-0.1, -0.05) is 29.8 Å². The van der Waals surface area contributed by atoms with Gasteiger partial charge in [0.2, 0.25) is 6.10 Å². The molecule has 1 heterocycles. The van der Waals surface area contributed by atoms with E-state index in [1.807, 2.05) is 31.2 Å². The van der Waals surface area contributed by atoms with Crippen LogP contribution >= 0.6 is 24.8 Å². The fourth-order valence-corrected chi connectivity index (χ4v) is 1.32. The second-order valence-corrected chi connectivity index (χ2v) is 3.20. The number of halogens is 2. The number of rotatable bonds is 1. The highest BCUT2D eigenvalue weighted by atomic mass is 35.5. The molecule has 2 N–H and O–H groups in total. The SMILES string of the molecule is Cc1ccc(C2OC(N)=NC2=O)cc1.Cl.Cl. The number of hydrogen-bond donors (Lipinski definition) is 1. The maximum Gasteiger partial charge on any atom is 0.296 e. The van der Waals surface area contributed by atoms with E-state index in [1.54, 1.807) is 0 Å². The van der Waals surface area contributed by atoms with Gasteiger partial charge in [-0.05, 0) is 6.92 Å². The molecule has 1 amide bonds. The van der Waals surface area contributed by atoms with Crippen molar-refractivity contribution in [2.24, 2.45) is 10.7 Å². The summed E-state index contributed by atoms with van der Waals surface area (Å²) in [4.78, 5) is 14.8. The molecule has 0 fully saturated rings. The maximum atomic E-state index is 11.3. The topological polar surface area (TPSA) is 64.7 Å². The van der Waals surface area contributed by atoms with E-state index in [2.05, 4.69) is 4.99 Å². The van der Waals surface area contributed by atoms with Gasteiger partial charge in [-0.25, -0.2) is 0 Å². The molecular weight excluding hydrogens is 251 g/mol. The van der Waals surface area contributed by atoms with E-state index in [9.17, 15) is 4.79 Å². The van der Waals surface area contributed by atoms with Gasteiger partial charge in [0.25, 0.3) is 11.9 Å². The van der Waals surface area contributed by atoms with E-state index in [0.29, 0.717) is 0 Å². The second-order valence-electron chi connectivity index (χ2n) is 3.20. The van der Waals surface area contributed by atoms with Gasteiger partial charge in [-0.15, -0.1) is 24.8 Å². The molecule has 0 radical (unpaired) electrons. The van der Waals surface area contributed by atoms with Crippen molar-refractivity contribution in [2.75, 3.05) is 0 Å². The first-order valence-corrected chi connectivity index (χ1v) is 4.28. The molecule has 1 unspecified atom stereocenters. The molecule has 0 aromatic heterocycles. The van der Waals surface area contributed by atoms with Crippen LogP contribution in [0.2, 0.25) is 0 Å². The summed E-state index contributed by atoms with van der Waals surface area (Å²) in [5.74, 6) is -0.341. The van der Waals surface area contributed by atoms with Crippen LogP contribution in [0.25, 0.3) is 0 Å². The second kappa shape index (κ2) is 5.72. The first-order chi connectivity index (χ1) is 6.66. The summed E-state index contributed by atoms with van der Waals surface area (Å²) in [6.45, 7) is 1.98. The average Bonchev–Trinajstić information content (AvgIpc) is 2.47. The van der Waals surface area contributed by atoms with Gasteiger partial charge in [-0.3, -0.25) is 4.79 Å². The zero-order valence-corrected chi connectivity index (χ0v) is 10.2. The molecule has 1 aromatic rings. The number of ether oxygens (including phenoxy) is 1. The molecule has 6 heteroatoms. The summed E-state index contributed by atoms with van der Waals surface area (Å²) >= 11 is 0. The Labute approximate surface area is 106 Å². The summed E-state index contributed by atoms with van der Waals surface area (Å²) in [5.41, 5.74) is 7.20. The van der Waals surface area contributed by atoms with Gasteiger partial charge in [0, 0.05) is 5.56 Å². The lowest BCUT2D eigenvalue weighted by Crippen LogP contribution is -2.13. The quantitative estimate of drug-likeness (QED) is 0.839. The van der Waals surface area contributed by atoms with Crippen molar-refractivity contribution in [1.82, 2.24) is 0 Å². The Hall–Kier alpha value is -1.26. The fraction of sp³-hybridized carbons (Fsp3) is 0.200. The van der Waals surface area contributed by atoms with E-state index in [4.69, 9.17) is 10.5 Å². The third-order valence-electron chi connectivity index (χ3n) is 2.06. The van der Waals surface area contributed by atoms with Gasteiger partial charge in [0.1, 0.15) is 0 Å². The number of aliphatic imine (C=N–C) groups is 1. The Balaban J connectivity index is 0.00000112. The average molecular weight is 263 g/mol. The number of hydrogen-bond acceptors (Lipinski definition) is 3. The van der Waals surface area contributed by atoms with Crippen LogP contribution in [0.5, 0.6) is 0 Å². The van der Waals surface area contributed by atoms with Crippen LogP contribution in [-0.2, 0) is 9.53 Å². The van der Waals surface area contributed by atoms with Gasteiger partial charge in [-0.2, -0.15) is 4.99 Å². The Morgan fingerprint density at radius 1 is 1.25 bits per heavy atom. The molecule has 0 saturated carbocycles. The molecule has 2 rings (SSSR count). The molecule has 0 saturated heterocycles. The van der Waals surface area contributed by atoms with Crippen molar-refractivity contribution < 1.29 is 9.53 Å². The van der Waals surface area contributed by atoms with Gasteiger partial charge >= 0.3 is 0 Å². The van der Waals surface area contributed by atoms with Crippen LogP contribution in [0.1, 0.15) is 17.2 Å². The van der Waals surface area contributed by atoms with Crippen LogP contribution in [0.3, 0.4) is 0 Å². The summed E-state index contributed by atoms with van der Waals surface area (Å²) in [5, 5.41) is 0. The maximum absolute atomic E-state index is 11.3. The van der Waals surface area contributed by atoms with Crippen molar-refractivity contribution in [3.05, 3.63) is 35.4 Å². The van der Waals surface area contributed by atoms with Crippen molar-refractivity contribution in [3.8, 4) is 0 Å². The predicted octanol–water partition coefficient (Wildman–Crippen LogP) is 1.75. The molecule has 1 aromatic carbocycles. The fourth-order valence-electron chi connectivity index (χ4n) is 1.32. The van der Waals surface area contributed by atoms with Crippen molar-refractivity contribution >= 4 is 36.7 Å². The number of nitrogens with two attached hydrogens (primary N) is 1. The van der Waals surface area contributed by atoms with E-state index >= 15 is 0 Å². The Morgan fingerprint density at radius 2 is 1.81 bits per heavy atom. The Kier molecular flexibility index (Phi) is 5.27. The molecule has 0 aliphatic carbocycles. The first kappa shape index (κ1) is 14.7. The highest BCUT2D eigenvalue weighted by Gasteiger charge is 2.28. The number of amidine groups is 1. The van der Waals surface area contributed by atoms with Gasteiger partial charge < -0.3 is 10.5 Å². The molecule has 88 valence electrons. The van der Waals surface area contributed by atoms with Gasteiger partial charge in [0.05, 0.1) is 0 Å². The summed E-state index contributed by atoms with van der Waals surface area (Å²) < 4.78 is 5.08. The van der Waals surface area contributed by atoms with E-state index in [1.165, 1.54) is 0 Å². The molecule has 16 heavy (non-hydrogen) atoms. The minimum absolute atomic E-state index is 0. The van der Waals surface area contributed by atoms with Crippen LogP contribution in [0.4, 0.5) is 0 Å². The molecule has 4 nitrogen and oxygen atoms in total. The van der Waals surface area contributed by atoms with Crippen LogP contribution in [0.15, 0.2) is 29.3 Å². The number of carbonyl (C=O) groups is 1. The lowest BCUT2D eigenvalue weighted by atomic mass is 10.1. The molecule has 1 aliphatic heterocycles. The lowest BCUT2D eigenvalue weighted by molar-refractivity contribution is -0.122. The number of carbonyl (C=O) groups excluding carboxylic acids is 1. The van der Waals surface area contributed by atoms with Crippen molar-refractivity contribution in [2.45, 2.75) is 13.0 Å². The minimum atomic E-state index is -0.657. The molecule has 1 atom stereocenters. The number of amides is 1. The highest BCUT2D eigenvalue weighted by molar-refractivity contribution is 5.98. The highest BCUT2D eigenvalue weighted by Crippen LogP contribution is 2.23. The summed E-state index contributed by atoms with van der Waals surface area (Å²) in [6, 6.07) is 7.46. The minimum Gasteiger partial charge on any atom is -0.447 e. The monoisotopic (exact) mass is 262 g/mol. The Bertz CT molecular complexity index is 404. The zero-order valence-electron chi connectivity index (χ0n) is 8.54. The zero-order chi connectivity index (χ0) is 10.1.